The number of hydrogen-bond donors (Lipinski definition) is 3. The number of nitrogens with one attached hydrogen (secondary N) is 2. The molecule has 1 atom stereocenters. The SMILES string of the molecule is CC(=O)N1CC(Nc2cc(C(=O)NC[C@H](O)CN3CCc4ccccc4C3)nc(C(F)(F)F)n2)C1. The van der Waals surface area contributed by atoms with E-state index in [4.69, 9.17) is 0 Å². The van der Waals surface area contributed by atoms with Gasteiger partial charge in [0.25, 0.3) is 5.91 Å². The minimum atomic E-state index is -4.85. The van der Waals surface area contributed by atoms with Gasteiger partial charge in [0, 0.05) is 52.3 Å². The molecule has 1 saturated heterocycles. The summed E-state index contributed by atoms with van der Waals surface area (Å²) in [6, 6.07) is 8.92. The maximum absolute atomic E-state index is 13.3. The van der Waals surface area contributed by atoms with Gasteiger partial charge in [-0.15, -0.1) is 0 Å². The molecule has 2 aliphatic heterocycles. The summed E-state index contributed by atoms with van der Waals surface area (Å²) < 4.78 is 39.9. The number of likely N-dealkylation sites (tertiary alicyclic amines) is 1. The van der Waals surface area contributed by atoms with Crippen molar-refractivity contribution in [3.63, 3.8) is 0 Å². The van der Waals surface area contributed by atoms with E-state index < -0.39 is 29.7 Å². The second-order valence-electron chi connectivity index (χ2n) is 8.84. The van der Waals surface area contributed by atoms with Gasteiger partial charge in [-0.2, -0.15) is 13.2 Å². The third-order valence-corrected chi connectivity index (χ3v) is 6.07. The lowest BCUT2D eigenvalue weighted by Gasteiger charge is -2.39. The molecule has 0 spiro atoms. The first-order valence-electron chi connectivity index (χ1n) is 11.3. The van der Waals surface area contributed by atoms with Gasteiger partial charge < -0.3 is 20.6 Å². The molecular formula is C23H27F3N6O3. The van der Waals surface area contributed by atoms with Gasteiger partial charge in [-0.1, -0.05) is 24.3 Å². The monoisotopic (exact) mass is 492 g/mol. The Balaban J connectivity index is 1.35. The zero-order chi connectivity index (χ0) is 25.2. The number of rotatable bonds is 7. The fourth-order valence-electron chi connectivity index (χ4n) is 4.17. The average Bonchev–Trinajstić information content (AvgIpc) is 2.78. The van der Waals surface area contributed by atoms with E-state index >= 15 is 0 Å². The number of anilines is 1. The van der Waals surface area contributed by atoms with Gasteiger partial charge in [0.1, 0.15) is 11.5 Å². The topological polar surface area (TPSA) is 111 Å². The number of halogens is 3. The van der Waals surface area contributed by atoms with Crippen LogP contribution in [0.3, 0.4) is 0 Å². The maximum Gasteiger partial charge on any atom is 0.451 e. The average molecular weight is 493 g/mol. The van der Waals surface area contributed by atoms with Gasteiger partial charge in [0.15, 0.2) is 0 Å². The number of amides is 2. The zero-order valence-electron chi connectivity index (χ0n) is 19.2. The van der Waals surface area contributed by atoms with Gasteiger partial charge in [-0.05, 0) is 17.5 Å². The minimum absolute atomic E-state index is 0.130. The number of nitrogens with zero attached hydrogens (tertiary/aromatic N) is 4. The number of aliphatic hydroxyl groups excluding tert-OH is 1. The highest BCUT2D eigenvalue weighted by molar-refractivity contribution is 5.93. The molecule has 3 N–H and O–H groups in total. The molecule has 2 amide bonds. The van der Waals surface area contributed by atoms with Crippen LogP contribution in [0, 0.1) is 0 Å². The summed E-state index contributed by atoms with van der Waals surface area (Å²) >= 11 is 0. The molecule has 1 aromatic heterocycles. The highest BCUT2D eigenvalue weighted by atomic mass is 19.4. The molecule has 0 saturated carbocycles. The van der Waals surface area contributed by atoms with Crippen LogP contribution in [0.5, 0.6) is 0 Å². The van der Waals surface area contributed by atoms with E-state index in [1.165, 1.54) is 23.0 Å². The quantitative estimate of drug-likeness (QED) is 0.534. The Bertz CT molecular complexity index is 1090. The summed E-state index contributed by atoms with van der Waals surface area (Å²) in [7, 11) is 0. The molecule has 0 unspecified atom stereocenters. The van der Waals surface area contributed by atoms with Gasteiger partial charge in [0.05, 0.1) is 12.1 Å². The molecule has 12 heteroatoms. The number of aromatic nitrogens is 2. The lowest BCUT2D eigenvalue weighted by molar-refractivity contribution is -0.144. The van der Waals surface area contributed by atoms with Gasteiger partial charge in [-0.25, -0.2) is 9.97 Å². The molecule has 0 radical (unpaired) electrons. The summed E-state index contributed by atoms with van der Waals surface area (Å²) in [6.07, 6.45) is -4.89. The van der Waals surface area contributed by atoms with Crippen molar-refractivity contribution in [1.82, 2.24) is 25.1 Å². The Labute approximate surface area is 200 Å². The van der Waals surface area contributed by atoms with Gasteiger partial charge in [-0.3, -0.25) is 14.5 Å². The molecule has 2 aliphatic rings. The first kappa shape index (κ1) is 24.9. The van der Waals surface area contributed by atoms with E-state index in [-0.39, 0.29) is 24.3 Å². The van der Waals surface area contributed by atoms with E-state index in [2.05, 4.69) is 31.6 Å². The number of fused-ring (bicyclic) bond motifs is 1. The Morgan fingerprint density at radius 3 is 2.60 bits per heavy atom. The normalized spacial score (nSPS) is 17.3. The fraction of sp³-hybridized carbons (Fsp3) is 0.478. The molecule has 3 heterocycles. The highest BCUT2D eigenvalue weighted by Gasteiger charge is 2.37. The van der Waals surface area contributed by atoms with Crippen molar-refractivity contribution in [1.29, 1.82) is 0 Å². The maximum atomic E-state index is 13.3. The second kappa shape index (κ2) is 10.2. The Morgan fingerprint density at radius 2 is 1.91 bits per heavy atom. The molecule has 9 nitrogen and oxygen atoms in total. The van der Waals surface area contributed by atoms with Crippen LogP contribution in [-0.4, -0.2) is 81.6 Å². The number of aliphatic hydroxyl groups is 1. The van der Waals surface area contributed by atoms with Crippen LogP contribution in [-0.2, 0) is 23.9 Å². The molecule has 4 rings (SSSR count). The predicted octanol–water partition coefficient (Wildman–Crippen LogP) is 1.29. The lowest BCUT2D eigenvalue weighted by atomic mass is 10.00. The van der Waals surface area contributed by atoms with Crippen molar-refractivity contribution in [2.24, 2.45) is 0 Å². The first-order chi connectivity index (χ1) is 16.6. The number of benzene rings is 1. The molecule has 2 aromatic rings. The largest absolute Gasteiger partial charge is 0.451 e. The summed E-state index contributed by atoms with van der Waals surface area (Å²) in [5, 5.41) is 15.7. The van der Waals surface area contributed by atoms with E-state index in [0.29, 0.717) is 26.2 Å². The molecule has 0 bridgehead atoms. The number of β-amino-alcohol motifs (C(OH)–C–C–N with tert-alkyl or cyclic N) is 1. The minimum Gasteiger partial charge on any atom is -0.390 e. The van der Waals surface area contributed by atoms with E-state index in [0.717, 1.165) is 19.0 Å². The van der Waals surface area contributed by atoms with Crippen molar-refractivity contribution >= 4 is 17.6 Å². The Hall–Kier alpha value is -3.25. The van der Waals surface area contributed by atoms with Crippen LogP contribution < -0.4 is 10.6 Å². The fourth-order valence-corrected chi connectivity index (χ4v) is 4.17. The molecule has 1 fully saturated rings. The summed E-state index contributed by atoms with van der Waals surface area (Å²) in [5.41, 5.74) is 2.00. The smallest absolute Gasteiger partial charge is 0.390 e. The summed E-state index contributed by atoms with van der Waals surface area (Å²) in [6.45, 7) is 3.68. The number of carbonyl (C=O) groups is 2. The third-order valence-electron chi connectivity index (χ3n) is 6.07. The molecule has 0 aliphatic carbocycles. The van der Waals surface area contributed by atoms with Crippen molar-refractivity contribution in [2.75, 3.05) is 38.0 Å². The van der Waals surface area contributed by atoms with Crippen LogP contribution in [0.1, 0.15) is 34.4 Å². The van der Waals surface area contributed by atoms with E-state index in [9.17, 15) is 27.9 Å². The standard InChI is InChI=1S/C23H27F3N6O3/c1-14(33)32-11-17(12-32)28-20-8-19(29-22(30-20)23(24,25)26)21(35)27-9-18(34)13-31-7-6-15-4-2-3-5-16(15)10-31/h2-5,8,17-18,34H,6-7,9-13H2,1H3,(H,27,35)(H,28,29,30)/t18-/m0/s1. The second-order valence-corrected chi connectivity index (χ2v) is 8.84. The number of alkyl halides is 3. The van der Waals surface area contributed by atoms with E-state index in [1.54, 1.807) is 0 Å². The van der Waals surface area contributed by atoms with Crippen LogP contribution >= 0.6 is 0 Å². The van der Waals surface area contributed by atoms with Crippen molar-refractivity contribution in [2.45, 2.75) is 38.2 Å². The van der Waals surface area contributed by atoms with Crippen LogP contribution in [0.25, 0.3) is 0 Å². The zero-order valence-corrected chi connectivity index (χ0v) is 19.2. The summed E-state index contributed by atoms with van der Waals surface area (Å²) in [5.74, 6) is -2.57. The summed E-state index contributed by atoms with van der Waals surface area (Å²) in [4.78, 5) is 34.3. The van der Waals surface area contributed by atoms with Gasteiger partial charge in [0.2, 0.25) is 11.7 Å². The number of carbonyl (C=O) groups excluding carboxylic acids is 2. The van der Waals surface area contributed by atoms with Crippen molar-refractivity contribution in [3.8, 4) is 0 Å². The van der Waals surface area contributed by atoms with Crippen molar-refractivity contribution < 1.29 is 27.9 Å². The lowest BCUT2D eigenvalue weighted by Crippen LogP contribution is -2.56. The highest BCUT2D eigenvalue weighted by Crippen LogP contribution is 2.28. The predicted molar refractivity (Wildman–Crippen MR) is 120 cm³/mol. The van der Waals surface area contributed by atoms with Crippen molar-refractivity contribution in [3.05, 3.63) is 53.0 Å². The van der Waals surface area contributed by atoms with Crippen LogP contribution in [0.15, 0.2) is 30.3 Å². The van der Waals surface area contributed by atoms with E-state index in [1.807, 2.05) is 18.2 Å². The Kier molecular flexibility index (Phi) is 7.22. The number of hydrogen-bond acceptors (Lipinski definition) is 7. The Morgan fingerprint density at radius 1 is 1.20 bits per heavy atom. The molecule has 1 aromatic carbocycles. The van der Waals surface area contributed by atoms with Crippen LogP contribution in [0.4, 0.5) is 19.0 Å². The van der Waals surface area contributed by atoms with Gasteiger partial charge >= 0.3 is 6.18 Å². The molecular weight excluding hydrogens is 465 g/mol. The first-order valence-corrected chi connectivity index (χ1v) is 11.3. The molecule has 35 heavy (non-hydrogen) atoms. The third kappa shape index (κ3) is 6.25. The van der Waals surface area contributed by atoms with Crippen LogP contribution in [0.2, 0.25) is 0 Å². The molecule has 188 valence electrons.